The third-order valence-corrected chi connectivity index (χ3v) is 3.10. The van der Waals surface area contributed by atoms with Gasteiger partial charge in [-0.2, -0.15) is 0 Å². The van der Waals surface area contributed by atoms with Crippen LogP contribution in [0.15, 0.2) is 11.8 Å². The lowest BCUT2D eigenvalue weighted by molar-refractivity contribution is 0.0568. The molecule has 0 aromatic heterocycles. The van der Waals surface area contributed by atoms with E-state index >= 15 is 0 Å². The Kier molecular flexibility index (Phi) is 2.89. The topological polar surface area (TPSA) is 29.5 Å². The summed E-state index contributed by atoms with van der Waals surface area (Å²) >= 11 is 0. The lowest BCUT2D eigenvalue weighted by Crippen LogP contribution is -2.23. The molecule has 2 nitrogen and oxygen atoms in total. The highest BCUT2D eigenvalue weighted by atomic mass is 16.5. The van der Waals surface area contributed by atoms with Crippen molar-refractivity contribution in [1.82, 2.24) is 0 Å². The van der Waals surface area contributed by atoms with Crippen LogP contribution in [0.5, 0.6) is 0 Å². The van der Waals surface area contributed by atoms with Crippen molar-refractivity contribution in [1.29, 1.82) is 0 Å². The van der Waals surface area contributed by atoms with E-state index in [9.17, 15) is 5.11 Å². The molecule has 1 unspecified atom stereocenters. The fourth-order valence-corrected chi connectivity index (χ4v) is 2.29. The van der Waals surface area contributed by atoms with Gasteiger partial charge in [-0.05, 0) is 37.7 Å². The molecule has 2 heteroatoms. The molecule has 1 aliphatic heterocycles. The van der Waals surface area contributed by atoms with E-state index < -0.39 is 0 Å². The first-order valence-corrected chi connectivity index (χ1v) is 5.39. The number of hydrogen-bond acceptors (Lipinski definition) is 2. The first kappa shape index (κ1) is 9.07. The number of allylic oxidation sites excluding steroid dienone is 1. The molecule has 1 N–H and O–H groups in total. The predicted molar refractivity (Wildman–Crippen MR) is 51.2 cm³/mol. The minimum absolute atomic E-state index is 0.317. The van der Waals surface area contributed by atoms with Crippen LogP contribution in [0.3, 0.4) is 0 Å². The summed E-state index contributed by atoms with van der Waals surface area (Å²) in [7, 11) is 0. The molecule has 1 saturated carbocycles. The normalized spacial score (nSPS) is 26.7. The Morgan fingerprint density at radius 3 is 2.69 bits per heavy atom. The molecule has 13 heavy (non-hydrogen) atoms. The second-order valence-electron chi connectivity index (χ2n) is 4.09. The minimum Gasteiger partial charge on any atom is -0.495 e. The summed E-state index contributed by atoms with van der Waals surface area (Å²) in [6.07, 6.45) is 8.79. The fourth-order valence-electron chi connectivity index (χ4n) is 2.29. The number of rotatable bonds is 2. The maximum atomic E-state index is 9.98. The average Bonchev–Trinajstić information content (AvgIpc) is 2.71. The second-order valence-corrected chi connectivity index (χ2v) is 4.09. The van der Waals surface area contributed by atoms with Gasteiger partial charge in [-0.15, -0.1) is 0 Å². The highest BCUT2D eigenvalue weighted by molar-refractivity contribution is 5.04. The summed E-state index contributed by atoms with van der Waals surface area (Å²) in [4.78, 5) is 0. The van der Waals surface area contributed by atoms with Gasteiger partial charge in [0.2, 0.25) is 0 Å². The zero-order chi connectivity index (χ0) is 9.10. The highest BCUT2D eigenvalue weighted by Crippen LogP contribution is 2.31. The van der Waals surface area contributed by atoms with E-state index in [0.29, 0.717) is 5.92 Å². The zero-order valence-corrected chi connectivity index (χ0v) is 8.04. The number of aliphatic hydroxyl groups excluding tert-OH is 1. The number of hydrogen-bond donors (Lipinski definition) is 1. The summed E-state index contributed by atoms with van der Waals surface area (Å²) < 4.78 is 5.46. The zero-order valence-electron chi connectivity index (χ0n) is 8.04. The molecule has 1 aliphatic carbocycles. The Morgan fingerprint density at radius 1 is 1.31 bits per heavy atom. The smallest absolute Gasteiger partial charge is 0.121 e. The molecule has 2 aliphatic rings. The predicted octanol–water partition coefficient (Wildman–Crippen LogP) is 2.23. The van der Waals surface area contributed by atoms with Gasteiger partial charge in [0.15, 0.2) is 0 Å². The molecule has 0 aromatic carbocycles. The summed E-state index contributed by atoms with van der Waals surface area (Å²) in [5.74, 6) is 1.31. The van der Waals surface area contributed by atoms with Gasteiger partial charge in [-0.3, -0.25) is 0 Å². The summed E-state index contributed by atoms with van der Waals surface area (Å²) in [6, 6.07) is 0. The monoisotopic (exact) mass is 182 g/mol. The minimum atomic E-state index is -0.317. The molecule has 0 radical (unpaired) electrons. The van der Waals surface area contributed by atoms with Gasteiger partial charge in [0.1, 0.15) is 11.9 Å². The Bertz CT molecular complexity index is 192. The Hall–Kier alpha value is -0.500. The summed E-state index contributed by atoms with van der Waals surface area (Å²) in [6.45, 7) is 0.787. The van der Waals surface area contributed by atoms with Gasteiger partial charge in [0.25, 0.3) is 0 Å². The van der Waals surface area contributed by atoms with Gasteiger partial charge in [-0.25, -0.2) is 0 Å². The third-order valence-electron chi connectivity index (χ3n) is 3.10. The van der Waals surface area contributed by atoms with Gasteiger partial charge < -0.3 is 9.84 Å². The van der Waals surface area contributed by atoms with Crippen molar-refractivity contribution in [3.05, 3.63) is 11.8 Å². The summed E-state index contributed by atoms with van der Waals surface area (Å²) in [5.41, 5.74) is 0. The van der Waals surface area contributed by atoms with E-state index in [1.165, 1.54) is 25.7 Å². The molecule has 1 heterocycles. The van der Waals surface area contributed by atoms with E-state index in [4.69, 9.17) is 4.74 Å². The summed E-state index contributed by atoms with van der Waals surface area (Å²) in [5, 5.41) is 9.98. The molecule has 0 aromatic rings. The Balaban J connectivity index is 1.94. The van der Waals surface area contributed by atoms with Crippen LogP contribution in [0, 0.1) is 5.92 Å². The largest absolute Gasteiger partial charge is 0.495 e. The average molecular weight is 182 g/mol. The lowest BCUT2D eigenvalue weighted by atomic mass is 9.98. The van der Waals surface area contributed by atoms with E-state index in [0.717, 1.165) is 25.2 Å². The van der Waals surface area contributed by atoms with Crippen LogP contribution in [0.1, 0.15) is 38.5 Å². The number of ether oxygens (including phenoxy) is 1. The van der Waals surface area contributed by atoms with Gasteiger partial charge in [0, 0.05) is 0 Å². The van der Waals surface area contributed by atoms with Gasteiger partial charge in [-0.1, -0.05) is 12.8 Å². The van der Waals surface area contributed by atoms with E-state index in [2.05, 4.69) is 6.08 Å². The van der Waals surface area contributed by atoms with Crippen molar-refractivity contribution in [2.24, 2.45) is 5.92 Å². The molecule has 0 saturated heterocycles. The molecular weight excluding hydrogens is 164 g/mol. The van der Waals surface area contributed by atoms with Gasteiger partial charge >= 0.3 is 0 Å². The van der Waals surface area contributed by atoms with Crippen LogP contribution in [-0.4, -0.2) is 17.8 Å². The maximum absolute atomic E-state index is 9.98. The van der Waals surface area contributed by atoms with Crippen molar-refractivity contribution in [3.63, 3.8) is 0 Å². The molecule has 0 spiro atoms. The Morgan fingerprint density at radius 2 is 2.08 bits per heavy atom. The SMILES string of the molecule is OC(C1=CCCCO1)C1CCCC1. The van der Waals surface area contributed by atoms with E-state index in [1.54, 1.807) is 0 Å². The first-order chi connectivity index (χ1) is 6.38. The highest BCUT2D eigenvalue weighted by Gasteiger charge is 2.27. The van der Waals surface area contributed by atoms with E-state index in [1.807, 2.05) is 0 Å². The van der Waals surface area contributed by atoms with Crippen molar-refractivity contribution in [2.45, 2.75) is 44.6 Å². The van der Waals surface area contributed by atoms with Crippen molar-refractivity contribution >= 4 is 0 Å². The molecule has 2 rings (SSSR count). The molecule has 1 fully saturated rings. The maximum Gasteiger partial charge on any atom is 0.121 e. The van der Waals surface area contributed by atoms with Crippen LogP contribution in [0.4, 0.5) is 0 Å². The van der Waals surface area contributed by atoms with E-state index in [-0.39, 0.29) is 6.10 Å². The second kappa shape index (κ2) is 4.14. The molecule has 0 amide bonds. The van der Waals surface area contributed by atoms with Gasteiger partial charge in [0.05, 0.1) is 6.61 Å². The van der Waals surface area contributed by atoms with Crippen molar-refractivity contribution in [2.75, 3.05) is 6.61 Å². The molecular formula is C11H18O2. The van der Waals surface area contributed by atoms with Crippen LogP contribution < -0.4 is 0 Å². The molecule has 0 bridgehead atoms. The molecule has 1 atom stereocenters. The molecule has 74 valence electrons. The van der Waals surface area contributed by atoms with Crippen LogP contribution >= 0.6 is 0 Å². The van der Waals surface area contributed by atoms with Crippen LogP contribution in [0.2, 0.25) is 0 Å². The first-order valence-electron chi connectivity index (χ1n) is 5.39. The quantitative estimate of drug-likeness (QED) is 0.709. The van der Waals surface area contributed by atoms with Crippen molar-refractivity contribution in [3.8, 4) is 0 Å². The van der Waals surface area contributed by atoms with Crippen molar-refractivity contribution < 1.29 is 9.84 Å². The standard InChI is InChI=1S/C11H18O2/c12-11(9-5-1-2-6-9)10-7-3-4-8-13-10/h7,9,11-12H,1-6,8H2. The lowest BCUT2D eigenvalue weighted by Gasteiger charge is -2.23. The van der Waals surface area contributed by atoms with Crippen LogP contribution in [0.25, 0.3) is 0 Å². The van der Waals surface area contributed by atoms with Crippen LogP contribution in [-0.2, 0) is 4.74 Å². The number of aliphatic hydroxyl groups is 1. The third kappa shape index (κ3) is 2.05. The Labute approximate surface area is 79.6 Å². The fraction of sp³-hybridized carbons (Fsp3) is 0.818.